The van der Waals surface area contributed by atoms with Crippen LogP contribution in [0.4, 0.5) is 0 Å². The molecule has 2 saturated heterocycles. The SMILES string of the molecule is CCn1cc([C@H]2OCC[C@@H]2C(=O)N2CCCC(N(C)C)C2)cn1. The molecule has 0 bridgehead atoms. The highest BCUT2D eigenvalue weighted by molar-refractivity contribution is 5.80. The number of rotatable bonds is 4. The van der Waals surface area contributed by atoms with Crippen molar-refractivity contribution in [3.8, 4) is 0 Å². The molecule has 6 heteroatoms. The van der Waals surface area contributed by atoms with Gasteiger partial charge >= 0.3 is 0 Å². The summed E-state index contributed by atoms with van der Waals surface area (Å²) in [6.45, 7) is 5.26. The van der Waals surface area contributed by atoms with E-state index in [1.807, 2.05) is 22.0 Å². The average Bonchev–Trinajstić information content (AvgIpc) is 3.22. The highest BCUT2D eigenvalue weighted by atomic mass is 16.5. The number of hydrogen-bond donors (Lipinski definition) is 0. The Labute approximate surface area is 138 Å². The maximum absolute atomic E-state index is 13.0. The number of likely N-dealkylation sites (N-methyl/N-ethyl adjacent to an activating group) is 1. The van der Waals surface area contributed by atoms with Crippen molar-refractivity contribution in [2.24, 2.45) is 5.92 Å². The van der Waals surface area contributed by atoms with Gasteiger partial charge in [-0.3, -0.25) is 9.48 Å². The Morgan fingerprint density at radius 3 is 2.96 bits per heavy atom. The summed E-state index contributed by atoms with van der Waals surface area (Å²) in [5.74, 6) is 0.189. The molecule has 2 aliphatic rings. The summed E-state index contributed by atoms with van der Waals surface area (Å²) in [5.41, 5.74) is 1.03. The Hall–Kier alpha value is -1.40. The molecule has 2 aliphatic heterocycles. The lowest BCUT2D eigenvalue weighted by Gasteiger charge is -2.37. The molecule has 23 heavy (non-hydrogen) atoms. The van der Waals surface area contributed by atoms with Crippen LogP contribution in [0, 0.1) is 5.92 Å². The first-order chi connectivity index (χ1) is 11.1. The van der Waals surface area contributed by atoms with E-state index in [-0.39, 0.29) is 17.9 Å². The number of piperidine rings is 1. The molecule has 3 atom stereocenters. The van der Waals surface area contributed by atoms with Crippen LogP contribution in [0.25, 0.3) is 0 Å². The van der Waals surface area contributed by atoms with Gasteiger partial charge in [-0.2, -0.15) is 5.10 Å². The monoisotopic (exact) mass is 320 g/mol. The Kier molecular flexibility index (Phi) is 5.02. The minimum atomic E-state index is -0.137. The molecule has 0 saturated carbocycles. The molecule has 3 heterocycles. The van der Waals surface area contributed by atoms with Gasteiger partial charge in [-0.05, 0) is 40.3 Å². The lowest BCUT2D eigenvalue weighted by atomic mass is 9.94. The van der Waals surface area contributed by atoms with Gasteiger partial charge in [-0.15, -0.1) is 0 Å². The first-order valence-corrected chi connectivity index (χ1v) is 8.69. The maximum atomic E-state index is 13.0. The van der Waals surface area contributed by atoms with Crippen molar-refractivity contribution in [3.63, 3.8) is 0 Å². The van der Waals surface area contributed by atoms with E-state index < -0.39 is 0 Å². The second-order valence-corrected chi connectivity index (χ2v) is 6.86. The molecule has 0 aromatic carbocycles. The molecule has 1 amide bonds. The summed E-state index contributed by atoms with van der Waals surface area (Å²) in [5, 5.41) is 4.33. The number of aromatic nitrogens is 2. The summed E-state index contributed by atoms with van der Waals surface area (Å²) in [6, 6.07) is 0.469. The van der Waals surface area contributed by atoms with Crippen LogP contribution in [0.5, 0.6) is 0 Å². The smallest absolute Gasteiger partial charge is 0.228 e. The van der Waals surface area contributed by atoms with Gasteiger partial charge in [-0.1, -0.05) is 0 Å². The number of likely N-dealkylation sites (tertiary alicyclic amines) is 1. The molecule has 3 rings (SSSR count). The first kappa shape index (κ1) is 16.5. The van der Waals surface area contributed by atoms with E-state index >= 15 is 0 Å². The molecule has 1 unspecified atom stereocenters. The summed E-state index contributed by atoms with van der Waals surface area (Å²) in [6.07, 6.45) is 6.78. The normalized spacial score (nSPS) is 28.5. The van der Waals surface area contributed by atoms with Crippen LogP contribution in [0.15, 0.2) is 12.4 Å². The van der Waals surface area contributed by atoms with Gasteiger partial charge in [-0.25, -0.2) is 0 Å². The van der Waals surface area contributed by atoms with E-state index in [9.17, 15) is 4.79 Å². The lowest BCUT2D eigenvalue weighted by Crippen LogP contribution is -2.49. The van der Waals surface area contributed by atoms with Crippen LogP contribution in [-0.4, -0.2) is 65.3 Å². The van der Waals surface area contributed by atoms with Crippen molar-refractivity contribution in [2.75, 3.05) is 33.8 Å². The van der Waals surface area contributed by atoms with Gasteiger partial charge in [0, 0.05) is 44.0 Å². The Morgan fingerprint density at radius 1 is 1.43 bits per heavy atom. The molecule has 0 aliphatic carbocycles. The van der Waals surface area contributed by atoms with Gasteiger partial charge in [0.1, 0.15) is 0 Å². The second kappa shape index (κ2) is 7.01. The standard InChI is InChI=1S/C17H28N4O2/c1-4-21-11-13(10-18-21)16-15(7-9-23-16)17(22)20-8-5-6-14(12-20)19(2)3/h10-11,14-16H,4-9,12H2,1-3H3/t14?,15-,16+/m0/s1. The molecule has 128 valence electrons. The Bertz CT molecular complexity index is 542. The van der Waals surface area contributed by atoms with E-state index in [0.29, 0.717) is 12.6 Å². The van der Waals surface area contributed by atoms with Crippen molar-refractivity contribution in [3.05, 3.63) is 18.0 Å². The second-order valence-electron chi connectivity index (χ2n) is 6.86. The van der Waals surface area contributed by atoms with Crippen molar-refractivity contribution in [1.29, 1.82) is 0 Å². The number of amides is 1. The average molecular weight is 320 g/mol. The number of hydrogen-bond acceptors (Lipinski definition) is 4. The van der Waals surface area contributed by atoms with Gasteiger partial charge in [0.05, 0.1) is 18.2 Å². The molecule has 1 aromatic heterocycles. The number of aryl methyl sites for hydroxylation is 1. The quantitative estimate of drug-likeness (QED) is 0.844. The van der Waals surface area contributed by atoms with Crippen LogP contribution in [0.3, 0.4) is 0 Å². The maximum Gasteiger partial charge on any atom is 0.228 e. The van der Waals surface area contributed by atoms with E-state index in [2.05, 4.69) is 31.0 Å². The van der Waals surface area contributed by atoms with Crippen molar-refractivity contribution in [1.82, 2.24) is 19.6 Å². The van der Waals surface area contributed by atoms with Gasteiger partial charge < -0.3 is 14.5 Å². The molecule has 0 N–H and O–H groups in total. The Balaban J connectivity index is 1.70. The van der Waals surface area contributed by atoms with Crippen LogP contribution in [-0.2, 0) is 16.1 Å². The lowest BCUT2D eigenvalue weighted by molar-refractivity contribution is -0.139. The largest absolute Gasteiger partial charge is 0.373 e. The molecule has 1 aromatic rings. The fourth-order valence-electron chi connectivity index (χ4n) is 3.68. The molecular formula is C17H28N4O2. The summed E-state index contributed by atoms with van der Waals surface area (Å²) in [7, 11) is 4.19. The fraction of sp³-hybridized carbons (Fsp3) is 0.765. The van der Waals surface area contributed by atoms with Gasteiger partial charge in [0.25, 0.3) is 0 Å². The molecular weight excluding hydrogens is 292 g/mol. The third-order valence-corrected chi connectivity index (χ3v) is 5.15. The summed E-state index contributed by atoms with van der Waals surface area (Å²) < 4.78 is 7.77. The first-order valence-electron chi connectivity index (χ1n) is 8.69. The van der Waals surface area contributed by atoms with Crippen LogP contribution in [0.2, 0.25) is 0 Å². The van der Waals surface area contributed by atoms with Crippen molar-refractivity contribution in [2.45, 2.75) is 44.9 Å². The molecule has 2 fully saturated rings. The van der Waals surface area contributed by atoms with E-state index in [0.717, 1.165) is 38.0 Å². The zero-order valence-electron chi connectivity index (χ0n) is 14.4. The van der Waals surface area contributed by atoms with Crippen molar-refractivity contribution < 1.29 is 9.53 Å². The Morgan fingerprint density at radius 2 is 2.26 bits per heavy atom. The zero-order chi connectivity index (χ0) is 16.4. The summed E-state index contributed by atoms with van der Waals surface area (Å²) >= 11 is 0. The highest BCUT2D eigenvalue weighted by Crippen LogP contribution is 2.36. The van der Waals surface area contributed by atoms with Crippen LogP contribution in [0.1, 0.15) is 37.9 Å². The van der Waals surface area contributed by atoms with E-state index in [4.69, 9.17) is 4.74 Å². The third-order valence-electron chi connectivity index (χ3n) is 5.15. The minimum absolute atomic E-state index is 0.0644. The number of ether oxygens (including phenoxy) is 1. The van der Waals surface area contributed by atoms with Gasteiger partial charge in [0.15, 0.2) is 0 Å². The van der Waals surface area contributed by atoms with Crippen molar-refractivity contribution >= 4 is 5.91 Å². The molecule has 0 radical (unpaired) electrons. The molecule has 6 nitrogen and oxygen atoms in total. The van der Waals surface area contributed by atoms with Crippen LogP contribution >= 0.6 is 0 Å². The third kappa shape index (κ3) is 3.43. The molecule has 0 spiro atoms. The topological polar surface area (TPSA) is 50.6 Å². The van der Waals surface area contributed by atoms with Gasteiger partial charge in [0.2, 0.25) is 5.91 Å². The number of carbonyl (C=O) groups is 1. The predicted octanol–water partition coefficient (Wildman–Crippen LogP) is 1.53. The van der Waals surface area contributed by atoms with Crippen LogP contribution < -0.4 is 0 Å². The summed E-state index contributed by atoms with van der Waals surface area (Å²) in [4.78, 5) is 17.3. The number of nitrogens with zero attached hydrogens (tertiary/aromatic N) is 4. The zero-order valence-corrected chi connectivity index (χ0v) is 14.4. The number of carbonyl (C=O) groups excluding carboxylic acids is 1. The minimum Gasteiger partial charge on any atom is -0.373 e. The highest BCUT2D eigenvalue weighted by Gasteiger charge is 2.39. The van der Waals surface area contributed by atoms with E-state index in [1.54, 1.807) is 0 Å². The fourth-order valence-corrected chi connectivity index (χ4v) is 3.68. The predicted molar refractivity (Wildman–Crippen MR) is 88.0 cm³/mol. The van der Waals surface area contributed by atoms with E-state index in [1.165, 1.54) is 6.42 Å².